The number of carboxylic acid groups (broad SMARTS) is 1. The molecule has 0 saturated carbocycles. The number of hydrogen-bond donors (Lipinski definition) is 1. The fraction of sp³-hybridized carbons (Fsp3) is 0.448. The number of carbonyl (C=O) groups excluding carboxylic acids is 3. The standard InChI is InChI=1S/C29H36O13P2S/c1-18(30)42-23-16-19(29(33)34)15-21-26(23)28(32)25-20(27(21)31)11-10-12-22(25)41-13-8-6-7-9-14-45-17-24(43(35,37-2)38-3)44(36,39-4)40-5/h10-12,15-16,24H,6-9,13-14,17H2,1-5H3,(H,33,34). The lowest BCUT2D eigenvalue weighted by Gasteiger charge is -2.28. The lowest BCUT2D eigenvalue weighted by Crippen LogP contribution is -2.24. The molecule has 13 nitrogen and oxygen atoms in total. The normalized spacial score (nSPS) is 13.0. The lowest BCUT2D eigenvalue weighted by molar-refractivity contribution is -0.131. The summed E-state index contributed by atoms with van der Waals surface area (Å²) in [5, 5.41) is 8.37. The third-order valence-corrected chi connectivity index (χ3v) is 14.2. The second-order valence-corrected chi connectivity index (χ2v) is 16.2. The molecule has 45 heavy (non-hydrogen) atoms. The summed E-state index contributed by atoms with van der Waals surface area (Å²) in [5.74, 6) is -2.58. The molecule has 2 aromatic rings. The molecule has 0 saturated heterocycles. The second kappa shape index (κ2) is 16.1. The summed E-state index contributed by atoms with van der Waals surface area (Å²) in [5.41, 5.74) is -0.566. The Hall–Kier alpha value is -2.83. The number of thioether (sulfide) groups is 1. The van der Waals surface area contributed by atoms with E-state index in [2.05, 4.69) is 0 Å². The number of carbonyl (C=O) groups is 4. The third kappa shape index (κ3) is 8.31. The number of fused-ring (bicyclic) bond motifs is 2. The monoisotopic (exact) mass is 686 g/mol. The molecular weight excluding hydrogens is 650 g/mol. The van der Waals surface area contributed by atoms with Crippen molar-refractivity contribution < 1.29 is 61.0 Å². The van der Waals surface area contributed by atoms with Gasteiger partial charge in [-0.1, -0.05) is 25.0 Å². The van der Waals surface area contributed by atoms with Gasteiger partial charge in [0.25, 0.3) is 0 Å². The molecule has 246 valence electrons. The molecule has 16 heteroatoms. The molecular formula is C29H36O13P2S. The highest BCUT2D eigenvalue weighted by Gasteiger charge is 2.49. The molecule has 0 spiro atoms. The Kier molecular flexibility index (Phi) is 13.1. The van der Waals surface area contributed by atoms with Crippen LogP contribution in [0.25, 0.3) is 0 Å². The van der Waals surface area contributed by atoms with Crippen molar-refractivity contribution in [2.24, 2.45) is 0 Å². The Balaban J connectivity index is 1.59. The predicted octanol–water partition coefficient (Wildman–Crippen LogP) is 6.06. The van der Waals surface area contributed by atoms with Gasteiger partial charge in [-0.25, -0.2) is 4.79 Å². The van der Waals surface area contributed by atoms with Gasteiger partial charge in [-0.05, 0) is 36.8 Å². The summed E-state index contributed by atoms with van der Waals surface area (Å²) in [6.45, 7) is 1.36. The number of unbranched alkanes of at least 4 members (excludes halogenated alkanes) is 3. The van der Waals surface area contributed by atoms with Gasteiger partial charge in [-0.2, -0.15) is 11.8 Å². The van der Waals surface area contributed by atoms with Crippen molar-refractivity contribution in [2.75, 3.05) is 46.6 Å². The van der Waals surface area contributed by atoms with Crippen LogP contribution in [0.15, 0.2) is 30.3 Å². The Morgan fingerprint density at radius 3 is 2.00 bits per heavy atom. The summed E-state index contributed by atoms with van der Waals surface area (Å²) >= 11 is 1.43. The Labute approximate surface area is 265 Å². The molecule has 0 aromatic heterocycles. The number of ketones is 2. The number of hydrogen-bond acceptors (Lipinski definition) is 13. The zero-order valence-corrected chi connectivity index (χ0v) is 28.2. The lowest BCUT2D eigenvalue weighted by atomic mass is 9.82. The van der Waals surface area contributed by atoms with Crippen LogP contribution >= 0.6 is 27.0 Å². The van der Waals surface area contributed by atoms with Crippen molar-refractivity contribution in [3.05, 3.63) is 58.1 Å². The van der Waals surface area contributed by atoms with Crippen molar-refractivity contribution in [2.45, 2.75) is 38.0 Å². The number of rotatable bonds is 18. The van der Waals surface area contributed by atoms with Gasteiger partial charge >= 0.3 is 27.1 Å². The molecule has 0 radical (unpaired) electrons. The van der Waals surface area contributed by atoms with Crippen LogP contribution in [0, 0.1) is 0 Å². The maximum atomic E-state index is 13.6. The Morgan fingerprint density at radius 2 is 1.42 bits per heavy atom. The molecule has 3 rings (SSSR count). The zero-order valence-electron chi connectivity index (χ0n) is 25.6. The van der Waals surface area contributed by atoms with Crippen molar-refractivity contribution in [1.29, 1.82) is 0 Å². The molecule has 1 aliphatic carbocycles. The molecule has 2 aromatic carbocycles. The van der Waals surface area contributed by atoms with Gasteiger partial charge in [0, 0.05) is 52.2 Å². The second-order valence-electron chi connectivity index (χ2n) is 9.76. The number of ether oxygens (including phenoxy) is 2. The molecule has 1 aliphatic rings. The van der Waals surface area contributed by atoms with Gasteiger partial charge in [0.2, 0.25) is 5.78 Å². The zero-order chi connectivity index (χ0) is 33.4. The van der Waals surface area contributed by atoms with Crippen LogP contribution in [0.4, 0.5) is 0 Å². The first-order chi connectivity index (χ1) is 21.4. The number of esters is 1. The van der Waals surface area contributed by atoms with Gasteiger partial charge in [-0.3, -0.25) is 23.5 Å². The van der Waals surface area contributed by atoms with Crippen molar-refractivity contribution >= 4 is 50.5 Å². The van der Waals surface area contributed by atoms with E-state index in [1.54, 1.807) is 12.1 Å². The Bertz CT molecular complexity index is 1500. The minimum Gasteiger partial charge on any atom is -0.493 e. The van der Waals surface area contributed by atoms with E-state index in [0.29, 0.717) is 12.2 Å². The molecule has 1 N–H and O–H groups in total. The molecule has 0 amide bonds. The van der Waals surface area contributed by atoms with Crippen LogP contribution in [-0.4, -0.2) is 80.6 Å². The van der Waals surface area contributed by atoms with E-state index in [-0.39, 0.29) is 51.7 Å². The molecule has 0 aliphatic heterocycles. The summed E-state index contributed by atoms with van der Waals surface area (Å²) in [6.07, 6.45) is 3.05. The van der Waals surface area contributed by atoms with Gasteiger partial charge in [0.1, 0.15) is 11.5 Å². The smallest absolute Gasteiger partial charge is 0.346 e. The van der Waals surface area contributed by atoms with E-state index >= 15 is 0 Å². The largest absolute Gasteiger partial charge is 0.493 e. The summed E-state index contributed by atoms with van der Waals surface area (Å²) in [7, 11) is -2.61. The number of carboxylic acids is 1. The van der Waals surface area contributed by atoms with Gasteiger partial charge in [0.05, 0.1) is 23.3 Å². The molecule has 0 heterocycles. The van der Waals surface area contributed by atoms with E-state index in [0.717, 1.165) is 38.3 Å². The van der Waals surface area contributed by atoms with Crippen LogP contribution in [0.2, 0.25) is 0 Å². The number of benzene rings is 2. The van der Waals surface area contributed by atoms with Crippen molar-refractivity contribution in [3.8, 4) is 11.5 Å². The molecule has 0 bridgehead atoms. The first-order valence-corrected chi connectivity index (χ1v) is 18.2. The topological polar surface area (TPSA) is 178 Å². The minimum absolute atomic E-state index is 0.0197. The Morgan fingerprint density at radius 1 is 0.822 bits per heavy atom. The summed E-state index contributed by atoms with van der Waals surface area (Å²) in [4.78, 5) is 50.2. The van der Waals surface area contributed by atoms with Crippen LogP contribution in [-0.2, 0) is 32.0 Å². The minimum atomic E-state index is -3.74. The molecule has 0 atom stereocenters. The van der Waals surface area contributed by atoms with Gasteiger partial charge < -0.3 is 32.7 Å². The summed E-state index contributed by atoms with van der Waals surface area (Å²) in [6, 6.07) is 6.74. The fourth-order valence-corrected chi connectivity index (χ4v) is 11.4. The SMILES string of the molecule is COP(=O)(OC)C(CSCCCCCCOc1cccc2c1C(=O)c1c(OC(C)=O)cc(C(=O)O)cc1C2=O)P(=O)(OC)OC. The van der Waals surface area contributed by atoms with E-state index in [1.807, 2.05) is 0 Å². The highest BCUT2D eigenvalue weighted by Crippen LogP contribution is 2.69. The molecule has 0 fully saturated rings. The first kappa shape index (κ1) is 36.6. The maximum Gasteiger partial charge on any atom is 0.346 e. The van der Waals surface area contributed by atoms with Crippen LogP contribution < -0.4 is 9.47 Å². The average Bonchev–Trinajstić information content (AvgIpc) is 3.03. The fourth-order valence-electron chi connectivity index (χ4n) is 4.75. The van der Waals surface area contributed by atoms with E-state index in [9.17, 15) is 33.4 Å². The van der Waals surface area contributed by atoms with E-state index in [4.69, 9.17) is 27.6 Å². The summed E-state index contributed by atoms with van der Waals surface area (Å²) < 4.78 is 57.2. The predicted molar refractivity (Wildman–Crippen MR) is 166 cm³/mol. The van der Waals surface area contributed by atoms with E-state index in [1.165, 1.54) is 46.3 Å². The molecule has 0 unspecified atom stereocenters. The van der Waals surface area contributed by atoms with Crippen molar-refractivity contribution in [1.82, 2.24) is 0 Å². The van der Waals surface area contributed by atoms with Crippen LogP contribution in [0.5, 0.6) is 11.5 Å². The van der Waals surface area contributed by atoms with Gasteiger partial charge in [-0.15, -0.1) is 0 Å². The quantitative estimate of drug-likeness (QED) is 0.0707. The first-order valence-electron chi connectivity index (χ1n) is 13.8. The highest BCUT2D eigenvalue weighted by atomic mass is 32.2. The maximum absolute atomic E-state index is 13.6. The van der Waals surface area contributed by atoms with Crippen molar-refractivity contribution in [3.63, 3.8) is 0 Å². The van der Waals surface area contributed by atoms with E-state index < -0.39 is 44.1 Å². The van der Waals surface area contributed by atoms with Gasteiger partial charge in [0.15, 0.2) is 11.2 Å². The average molecular weight is 687 g/mol. The van der Waals surface area contributed by atoms with Crippen LogP contribution in [0.3, 0.4) is 0 Å². The number of aromatic carboxylic acids is 1. The highest BCUT2D eigenvalue weighted by molar-refractivity contribution is 8.00. The third-order valence-electron chi connectivity index (χ3n) is 7.03. The van der Waals surface area contributed by atoms with Crippen LogP contribution in [0.1, 0.15) is 74.8 Å².